The molecule has 0 N–H and O–H groups in total. The molecule has 1 rings (SSSR count). The third-order valence-corrected chi connectivity index (χ3v) is 2.68. The van der Waals surface area contributed by atoms with E-state index in [0.717, 1.165) is 10.2 Å². The van der Waals surface area contributed by atoms with Gasteiger partial charge in [-0.1, -0.05) is 11.6 Å². The van der Waals surface area contributed by atoms with Crippen molar-refractivity contribution in [2.75, 3.05) is 20.3 Å². The molecule has 0 bridgehead atoms. The predicted molar refractivity (Wildman–Crippen MR) is 56.5 cm³/mol. The largest absolute Gasteiger partial charge is 0.491 e. The molecule has 1 aromatic rings. The lowest BCUT2D eigenvalue weighted by Gasteiger charge is -2.05. The quantitative estimate of drug-likeness (QED) is 0.779. The minimum Gasteiger partial charge on any atom is -0.491 e. The van der Waals surface area contributed by atoms with Crippen LogP contribution in [0.15, 0.2) is 22.7 Å². The van der Waals surface area contributed by atoms with Gasteiger partial charge in [0.15, 0.2) is 0 Å². The van der Waals surface area contributed by atoms with Crippen molar-refractivity contribution in [3.63, 3.8) is 0 Å². The van der Waals surface area contributed by atoms with Crippen LogP contribution in [0.5, 0.6) is 5.75 Å². The Bertz CT molecular complexity index is 278. The van der Waals surface area contributed by atoms with E-state index >= 15 is 0 Å². The standard InChI is InChI=1S/C9H10BrClO2/c1-12-4-5-13-7-2-3-8(10)9(11)6-7/h2-3,6H,4-5H2,1H3. The molecule has 1 aromatic carbocycles. The van der Waals surface area contributed by atoms with Crippen LogP contribution in [0, 0.1) is 0 Å². The van der Waals surface area contributed by atoms with Crippen LogP contribution in [0.25, 0.3) is 0 Å². The lowest BCUT2D eigenvalue weighted by Crippen LogP contribution is -2.03. The van der Waals surface area contributed by atoms with Crippen LogP contribution in [0.3, 0.4) is 0 Å². The smallest absolute Gasteiger partial charge is 0.120 e. The molecule has 2 nitrogen and oxygen atoms in total. The highest BCUT2D eigenvalue weighted by Crippen LogP contribution is 2.26. The van der Waals surface area contributed by atoms with Crippen molar-refractivity contribution < 1.29 is 9.47 Å². The van der Waals surface area contributed by atoms with Gasteiger partial charge in [-0.2, -0.15) is 0 Å². The molecule has 13 heavy (non-hydrogen) atoms. The fourth-order valence-corrected chi connectivity index (χ4v) is 1.23. The zero-order valence-electron chi connectivity index (χ0n) is 7.22. The van der Waals surface area contributed by atoms with Crippen LogP contribution < -0.4 is 4.74 Å². The van der Waals surface area contributed by atoms with Gasteiger partial charge >= 0.3 is 0 Å². The summed E-state index contributed by atoms with van der Waals surface area (Å²) in [6.45, 7) is 1.11. The summed E-state index contributed by atoms with van der Waals surface area (Å²) in [5, 5.41) is 0.648. The van der Waals surface area contributed by atoms with Crippen molar-refractivity contribution in [3.8, 4) is 5.75 Å². The average Bonchev–Trinajstić information content (AvgIpc) is 2.12. The maximum Gasteiger partial charge on any atom is 0.120 e. The van der Waals surface area contributed by atoms with Gasteiger partial charge in [0, 0.05) is 11.6 Å². The zero-order valence-corrected chi connectivity index (χ0v) is 9.56. The number of hydrogen-bond donors (Lipinski definition) is 0. The van der Waals surface area contributed by atoms with E-state index < -0.39 is 0 Å². The van der Waals surface area contributed by atoms with Crippen LogP contribution in [0.4, 0.5) is 0 Å². The van der Waals surface area contributed by atoms with E-state index in [1.807, 2.05) is 12.1 Å². The van der Waals surface area contributed by atoms with Crippen molar-refractivity contribution in [3.05, 3.63) is 27.7 Å². The van der Waals surface area contributed by atoms with E-state index in [2.05, 4.69) is 15.9 Å². The van der Waals surface area contributed by atoms with Crippen molar-refractivity contribution in [1.29, 1.82) is 0 Å². The van der Waals surface area contributed by atoms with Crippen molar-refractivity contribution in [2.24, 2.45) is 0 Å². The van der Waals surface area contributed by atoms with Gasteiger partial charge in [-0.3, -0.25) is 0 Å². The van der Waals surface area contributed by atoms with E-state index in [1.54, 1.807) is 13.2 Å². The predicted octanol–water partition coefficient (Wildman–Crippen LogP) is 3.13. The summed E-state index contributed by atoms with van der Waals surface area (Å²) in [6, 6.07) is 5.47. The topological polar surface area (TPSA) is 18.5 Å². The van der Waals surface area contributed by atoms with Crippen LogP contribution in [-0.2, 0) is 4.74 Å². The van der Waals surface area contributed by atoms with Crippen LogP contribution in [0.2, 0.25) is 5.02 Å². The zero-order chi connectivity index (χ0) is 9.68. The Kier molecular flexibility index (Phi) is 4.56. The second-order valence-corrected chi connectivity index (χ2v) is 3.68. The number of halogens is 2. The Hall–Kier alpha value is -0.250. The fourth-order valence-electron chi connectivity index (χ4n) is 0.809. The van der Waals surface area contributed by atoms with Gasteiger partial charge in [-0.25, -0.2) is 0 Å². The van der Waals surface area contributed by atoms with Crippen LogP contribution in [0.1, 0.15) is 0 Å². The molecule has 0 amide bonds. The SMILES string of the molecule is COCCOc1ccc(Br)c(Cl)c1. The Labute approximate surface area is 90.9 Å². The summed E-state index contributed by atoms with van der Waals surface area (Å²) in [5.41, 5.74) is 0. The van der Waals surface area contributed by atoms with Crippen molar-refractivity contribution in [1.82, 2.24) is 0 Å². The molecule has 0 radical (unpaired) electrons. The Morgan fingerprint density at radius 2 is 2.15 bits per heavy atom. The van der Waals surface area contributed by atoms with Crippen molar-refractivity contribution in [2.45, 2.75) is 0 Å². The van der Waals surface area contributed by atoms with E-state index in [1.165, 1.54) is 0 Å². The summed E-state index contributed by atoms with van der Waals surface area (Å²) >= 11 is 9.17. The Morgan fingerprint density at radius 1 is 1.38 bits per heavy atom. The van der Waals surface area contributed by atoms with Gasteiger partial charge in [0.2, 0.25) is 0 Å². The molecule has 0 aromatic heterocycles. The monoisotopic (exact) mass is 264 g/mol. The highest BCUT2D eigenvalue weighted by molar-refractivity contribution is 9.10. The average molecular weight is 266 g/mol. The summed E-state index contributed by atoms with van der Waals surface area (Å²) in [7, 11) is 1.64. The van der Waals surface area contributed by atoms with E-state index in [9.17, 15) is 0 Å². The van der Waals surface area contributed by atoms with E-state index in [-0.39, 0.29) is 0 Å². The summed E-state index contributed by atoms with van der Waals surface area (Å²) < 4.78 is 11.1. The lowest BCUT2D eigenvalue weighted by molar-refractivity contribution is 0.146. The van der Waals surface area contributed by atoms with Gasteiger partial charge in [0.25, 0.3) is 0 Å². The summed E-state index contributed by atoms with van der Waals surface area (Å²) in [5.74, 6) is 0.755. The maximum absolute atomic E-state index is 5.87. The number of ether oxygens (including phenoxy) is 2. The maximum atomic E-state index is 5.87. The molecule has 0 atom stereocenters. The molecule has 72 valence electrons. The molecule has 0 unspecified atom stereocenters. The molecular formula is C9H10BrClO2. The first-order valence-electron chi connectivity index (χ1n) is 3.81. The van der Waals surface area contributed by atoms with Gasteiger partial charge in [0.1, 0.15) is 12.4 Å². The van der Waals surface area contributed by atoms with E-state index in [0.29, 0.717) is 18.2 Å². The minimum atomic E-state index is 0.536. The molecule has 0 saturated carbocycles. The molecule has 0 saturated heterocycles. The Morgan fingerprint density at radius 3 is 2.77 bits per heavy atom. The third-order valence-electron chi connectivity index (χ3n) is 1.45. The molecule has 0 aliphatic carbocycles. The fraction of sp³-hybridized carbons (Fsp3) is 0.333. The highest BCUT2D eigenvalue weighted by Gasteiger charge is 1.99. The summed E-state index contributed by atoms with van der Waals surface area (Å²) in [4.78, 5) is 0. The second kappa shape index (κ2) is 5.47. The van der Waals surface area contributed by atoms with Crippen molar-refractivity contribution >= 4 is 27.5 Å². The first-order chi connectivity index (χ1) is 6.24. The molecule has 0 heterocycles. The third kappa shape index (κ3) is 3.55. The number of rotatable bonds is 4. The van der Waals surface area contributed by atoms with E-state index in [4.69, 9.17) is 21.1 Å². The second-order valence-electron chi connectivity index (χ2n) is 2.42. The first-order valence-corrected chi connectivity index (χ1v) is 4.98. The number of benzene rings is 1. The normalized spacial score (nSPS) is 10.1. The minimum absolute atomic E-state index is 0.536. The molecule has 0 aliphatic rings. The highest BCUT2D eigenvalue weighted by atomic mass is 79.9. The molecule has 0 aliphatic heterocycles. The lowest BCUT2D eigenvalue weighted by atomic mass is 10.3. The molecular weight excluding hydrogens is 255 g/mol. The number of hydrogen-bond acceptors (Lipinski definition) is 2. The van der Waals surface area contributed by atoms with Crippen LogP contribution >= 0.6 is 27.5 Å². The molecule has 0 fully saturated rings. The van der Waals surface area contributed by atoms with Gasteiger partial charge < -0.3 is 9.47 Å². The number of methoxy groups -OCH3 is 1. The Balaban J connectivity index is 2.53. The molecule has 4 heteroatoms. The summed E-state index contributed by atoms with van der Waals surface area (Å²) in [6.07, 6.45) is 0. The van der Waals surface area contributed by atoms with Gasteiger partial charge in [-0.05, 0) is 34.1 Å². The van der Waals surface area contributed by atoms with Gasteiger partial charge in [0.05, 0.1) is 11.6 Å². The molecule has 0 spiro atoms. The van der Waals surface area contributed by atoms with Gasteiger partial charge in [-0.15, -0.1) is 0 Å². The van der Waals surface area contributed by atoms with Crippen LogP contribution in [-0.4, -0.2) is 20.3 Å². The first kappa shape index (κ1) is 10.8.